The Hall–Kier alpha value is -1.56. The average Bonchev–Trinajstić information content (AvgIpc) is 2.38. The van der Waals surface area contributed by atoms with Crippen LogP contribution in [0.3, 0.4) is 0 Å². The first-order valence-electron chi connectivity index (χ1n) is 2.81. The van der Waals surface area contributed by atoms with Gasteiger partial charge < -0.3 is 4.52 Å². The lowest BCUT2D eigenvalue weighted by Crippen LogP contribution is -1.75. The summed E-state index contributed by atoms with van der Waals surface area (Å²) < 4.78 is 4.58. The fraction of sp³-hybridized carbons (Fsp3) is 0.143. The smallest absolute Gasteiger partial charge is 0.124 e. The molecule has 10 heavy (non-hydrogen) atoms. The van der Waals surface area contributed by atoms with Gasteiger partial charge in [-0.25, -0.2) is 0 Å². The Labute approximate surface area is 58.6 Å². The second kappa shape index (κ2) is 2.83. The van der Waals surface area contributed by atoms with E-state index in [0.717, 1.165) is 5.57 Å². The second-order valence-electron chi connectivity index (χ2n) is 1.84. The van der Waals surface area contributed by atoms with E-state index in [9.17, 15) is 0 Å². The molecule has 0 amide bonds. The van der Waals surface area contributed by atoms with Crippen molar-refractivity contribution in [3.63, 3.8) is 0 Å². The summed E-state index contributed by atoms with van der Waals surface area (Å²) in [6, 6.07) is 3.62. The van der Waals surface area contributed by atoms with Crippen LogP contribution < -0.4 is 0 Å². The SMILES string of the molecule is CC(=CC#N)c1ccon1. The highest BCUT2D eigenvalue weighted by atomic mass is 16.5. The molecule has 0 fully saturated rings. The predicted molar refractivity (Wildman–Crippen MR) is 35.8 cm³/mol. The third-order valence-electron chi connectivity index (χ3n) is 1.12. The van der Waals surface area contributed by atoms with Crippen LogP contribution in [0, 0.1) is 11.3 Å². The van der Waals surface area contributed by atoms with E-state index in [0.29, 0.717) is 5.69 Å². The van der Waals surface area contributed by atoms with Gasteiger partial charge >= 0.3 is 0 Å². The van der Waals surface area contributed by atoms with E-state index < -0.39 is 0 Å². The largest absolute Gasteiger partial charge is 0.364 e. The van der Waals surface area contributed by atoms with Gasteiger partial charge in [0.1, 0.15) is 12.0 Å². The molecule has 0 radical (unpaired) electrons. The third-order valence-corrected chi connectivity index (χ3v) is 1.12. The van der Waals surface area contributed by atoms with Gasteiger partial charge in [-0.3, -0.25) is 0 Å². The highest BCUT2D eigenvalue weighted by molar-refractivity contribution is 5.61. The van der Waals surface area contributed by atoms with Crippen molar-refractivity contribution in [3.8, 4) is 6.07 Å². The number of nitriles is 1. The van der Waals surface area contributed by atoms with Crippen molar-refractivity contribution in [2.45, 2.75) is 6.92 Å². The molecule has 0 atom stereocenters. The van der Waals surface area contributed by atoms with Crippen LogP contribution in [0.15, 0.2) is 22.9 Å². The lowest BCUT2D eigenvalue weighted by molar-refractivity contribution is 0.417. The molecule has 0 unspecified atom stereocenters. The van der Waals surface area contributed by atoms with Crippen LogP contribution in [-0.4, -0.2) is 5.16 Å². The average molecular weight is 134 g/mol. The van der Waals surface area contributed by atoms with Crippen LogP contribution in [0.1, 0.15) is 12.6 Å². The number of rotatable bonds is 1. The van der Waals surface area contributed by atoms with Crippen LogP contribution >= 0.6 is 0 Å². The lowest BCUT2D eigenvalue weighted by Gasteiger charge is -1.85. The monoisotopic (exact) mass is 134 g/mol. The summed E-state index contributed by atoms with van der Waals surface area (Å²) in [5.74, 6) is 0. The van der Waals surface area contributed by atoms with Crippen LogP contribution in [0.25, 0.3) is 5.57 Å². The van der Waals surface area contributed by atoms with Gasteiger partial charge in [-0.15, -0.1) is 0 Å². The summed E-state index contributed by atoms with van der Waals surface area (Å²) in [6.45, 7) is 1.81. The standard InChI is InChI=1S/C7H6N2O/c1-6(2-4-8)7-3-5-10-9-7/h2-3,5H,1H3. The molecule has 0 saturated heterocycles. The second-order valence-corrected chi connectivity index (χ2v) is 1.84. The topological polar surface area (TPSA) is 49.8 Å². The van der Waals surface area contributed by atoms with E-state index in [2.05, 4.69) is 9.68 Å². The van der Waals surface area contributed by atoms with Gasteiger partial charge in [0.15, 0.2) is 0 Å². The molecular weight excluding hydrogens is 128 g/mol. The quantitative estimate of drug-likeness (QED) is 0.548. The fourth-order valence-electron chi connectivity index (χ4n) is 0.587. The molecular formula is C7H6N2O. The Morgan fingerprint density at radius 3 is 3.20 bits per heavy atom. The molecule has 0 bridgehead atoms. The minimum absolute atomic E-state index is 0.710. The fourth-order valence-corrected chi connectivity index (χ4v) is 0.587. The van der Waals surface area contributed by atoms with Gasteiger partial charge in [0.2, 0.25) is 0 Å². The summed E-state index contributed by atoms with van der Waals surface area (Å²) in [4.78, 5) is 0. The molecule has 1 heterocycles. The minimum Gasteiger partial charge on any atom is -0.364 e. The van der Waals surface area contributed by atoms with E-state index in [1.54, 1.807) is 13.0 Å². The molecule has 0 saturated carbocycles. The summed E-state index contributed by atoms with van der Waals surface area (Å²) in [5, 5.41) is 11.9. The maximum atomic E-state index is 8.25. The number of aromatic nitrogens is 1. The van der Waals surface area contributed by atoms with Crippen molar-refractivity contribution in [2.75, 3.05) is 0 Å². The van der Waals surface area contributed by atoms with Crippen LogP contribution in [0.2, 0.25) is 0 Å². The zero-order valence-corrected chi connectivity index (χ0v) is 5.53. The van der Waals surface area contributed by atoms with Crippen molar-refractivity contribution in [1.29, 1.82) is 5.26 Å². The van der Waals surface area contributed by atoms with Crippen molar-refractivity contribution in [1.82, 2.24) is 5.16 Å². The number of allylic oxidation sites excluding steroid dienone is 2. The molecule has 0 aliphatic carbocycles. The Bertz CT molecular complexity index is 266. The first-order chi connectivity index (χ1) is 4.84. The Balaban J connectivity index is 2.90. The van der Waals surface area contributed by atoms with Crippen molar-refractivity contribution >= 4 is 5.57 Å². The van der Waals surface area contributed by atoms with Crippen molar-refractivity contribution < 1.29 is 4.52 Å². The number of hydrogen-bond acceptors (Lipinski definition) is 3. The molecule has 0 spiro atoms. The predicted octanol–water partition coefficient (Wildman–Crippen LogP) is 1.60. The Morgan fingerprint density at radius 2 is 2.70 bits per heavy atom. The molecule has 0 aromatic carbocycles. The molecule has 0 aliphatic rings. The lowest BCUT2D eigenvalue weighted by atomic mass is 10.2. The van der Waals surface area contributed by atoms with Gasteiger partial charge in [-0.05, 0) is 12.5 Å². The van der Waals surface area contributed by atoms with Crippen LogP contribution in [0.4, 0.5) is 0 Å². The van der Waals surface area contributed by atoms with Crippen LogP contribution in [-0.2, 0) is 0 Å². The molecule has 3 heteroatoms. The molecule has 50 valence electrons. The molecule has 1 aromatic rings. The highest BCUT2D eigenvalue weighted by Crippen LogP contribution is 2.08. The van der Waals surface area contributed by atoms with Crippen molar-refractivity contribution in [3.05, 3.63) is 24.1 Å². The maximum Gasteiger partial charge on any atom is 0.124 e. The number of nitrogens with zero attached hydrogens (tertiary/aromatic N) is 2. The summed E-state index contributed by atoms with van der Waals surface area (Å²) in [6.07, 6.45) is 2.90. The zero-order valence-electron chi connectivity index (χ0n) is 5.53. The summed E-state index contributed by atoms with van der Waals surface area (Å²) in [7, 11) is 0. The Kier molecular flexibility index (Phi) is 1.86. The van der Waals surface area contributed by atoms with Crippen molar-refractivity contribution in [2.24, 2.45) is 0 Å². The number of hydrogen-bond donors (Lipinski definition) is 0. The molecule has 1 aromatic heterocycles. The van der Waals surface area contributed by atoms with E-state index >= 15 is 0 Å². The summed E-state index contributed by atoms with van der Waals surface area (Å²) >= 11 is 0. The highest BCUT2D eigenvalue weighted by Gasteiger charge is 1.96. The zero-order chi connectivity index (χ0) is 7.40. The Morgan fingerprint density at radius 1 is 1.90 bits per heavy atom. The molecule has 0 aliphatic heterocycles. The van der Waals surface area contributed by atoms with Gasteiger partial charge in [0.25, 0.3) is 0 Å². The van der Waals surface area contributed by atoms with Gasteiger partial charge in [-0.1, -0.05) is 5.16 Å². The first kappa shape index (κ1) is 6.56. The van der Waals surface area contributed by atoms with E-state index in [-0.39, 0.29) is 0 Å². The van der Waals surface area contributed by atoms with Gasteiger partial charge in [-0.2, -0.15) is 5.26 Å². The third kappa shape index (κ3) is 1.23. The van der Waals surface area contributed by atoms with E-state index in [1.807, 2.05) is 6.07 Å². The molecule has 3 nitrogen and oxygen atoms in total. The normalized spacial score (nSPS) is 11.0. The van der Waals surface area contributed by atoms with Gasteiger partial charge in [0, 0.05) is 12.1 Å². The first-order valence-corrected chi connectivity index (χ1v) is 2.81. The minimum atomic E-state index is 0.710. The van der Waals surface area contributed by atoms with Crippen LogP contribution in [0.5, 0.6) is 0 Å². The maximum absolute atomic E-state index is 8.25. The molecule has 0 N–H and O–H groups in total. The van der Waals surface area contributed by atoms with E-state index in [4.69, 9.17) is 5.26 Å². The molecule has 1 rings (SSSR count). The summed E-state index contributed by atoms with van der Waals surface area (Å²) in [5.41, 5.74) is 1.53. The van der Waals surface area contributed by atoms with E-state index in [1.165, 1.54) is 12.3 Å². The van der Waals surface area contributed by atoms with Gasteiger partial charge in [0.05, 0.1) is 6.07 Å².